The first-order chi connectivity index (χ1) is 16.8. The Morgan fingerprint density at radius 2 is 1.94 bits per heavy atom. The lowest BCUT2D eigenvalue weighted by Crippen LogP contribution is -2.32. The number of carbonyl (C=O) groups is 2. The number of likely N-dealkylation sites (tertiary alicyclic amines) is 1. The minimum absolute atomic E-state index is 0.0633. The van der Waals surface area contributed by atoms with E-state index in [0.29, 0.717) is 47.9 Å². The first kappa shape index (κ1) is 24.2. The van der Waals surface area contributed by atoms with Crippen LogP contribution in [0.3, 0.4) is 0 Å². The van der Waals surface area contributed by atoms with Crippen molar-refractivity contribution in [2.45, 2.75) is 19.4 Å². The molecule has 0 radical (unpaired) electrons. The summed E-state index contributed by atoms with van der Waals surface area (Å²) < 4.78 is 7.32. The van der Waals surface area contributed by atoms with Crippen molar-refractivity contribution in [1.82, 2.24) is 19.2 Å². The van der Waals surface area contributed by atoms with Crippen LogP contribution in [0.4, 0.5) is 0 Å². The van der Waals surface area contributed by atoms with Crippen LogP contribution in [0.1, 0.15) is 29.4 Å². The number of aryl methyl sites for hydroxylation is 1. The molecule has 1 aliphatic heterocycles. The van der Waals surface area contributed by atoms with Gasteiger partial charge in [0.15, 0.2) is 5.76 Å². The molecule has 1 atom stereocenters. The highest BCUT2D eigenvalue weighted by molar-refractivity contribution is 6.46. The maximum absolute atomic E-state index is 13.3. The topological polar surface area (TPSA) is 87.4 Å². The molecule has 1 saturated heterocycles. The number of amides is 1. The number of Topliss-reactive ketones (excluding diaryl/α,β-unsaturated/α-hetero) is 1. The van der Waals surface area contributed by atoms with Gasteiger partial charge in [0.25, 0.3) is 11.7 Å². The Kier molecular flexibility index (Phi) is 7.02. The Morgan fingerprint density at radius 3 is 2.63 bits per heavy atom. The minimum atomic E-state index is -0.723. The minimum Gasteiger partial charge on any atom is -0.505 e. The second kappa shape index (κ2) is 10.1. The van der Waals surface area contributed by atoms with Gasteiger partial charge in [-0.25, -0.2) is 4.98 Å². The van der Waals surface area contributed by atoms with E-state index in [4.69, 9.17) is 4.74 Å². The number of carbonyl (C=O) groups excluding carboxylic acids is 2. The Bertz CT molecular complexity index is 1290. The highest BCUT2D eigenvalue weighted by Gasteiger charge is 2.46. The molecule has 0 unspecified atom stereocenters. The molecule has 1 amide bonds. The number of ether oxygens (including phenoxy) is 1. The zero-order valence-electron chi connectivity index (χ0n) is 20.3. The van der Waals surface area contributed by atoms with Crippen molar-refractivity contribution in [2.24, 2.45) is 0 Å². The highest BCUT2D eigenvalue weighted by Crippen LogP contribution is 2.40. The van der Waals surface area contributed by atoms with Crippen molar-refractivity contribution < 1.29 is 19.4 Å². The molecule has 1 N–H and O–H groups in total. The Hall–Kier alpha value is -3.91. The fourth-order valence-corrected chi connectivity index (χ4v) is 4.44. The number of hydrogen-bond donors (Lipinski definition) is 1. The number of aliphatic hydroxyl groups is 1. The summed E-state index contributed by atoms with van der Waals surface area (Å²) >= 11 is 0. The predicted octanol–water partition coefficient (Wildman–Crippen LogP) is 3.58. The van der Waals surface area contributed by atoms with Gasteiger partial charge in [-0.05, 0) is 63.8 Å². The van der Waals surface area contributed by atoms with E-state index < -0.39 is 17.7 Å². The standard InChI is InChI=1S/C27H30N4O4/c1-5-17-35-20-12-10-19(11-13-20)24-22(26(33)27(34)31(24)16-8-14-29(3)4)25(32)23-18(2)28-21-9-6-7-15-30(21)23/h5-7,9-13,15,24,32H,1,8,14,16-17H2,2-4H3/t24-/m0/s1. The molecule has 1 aliphatic rings. The van der Waals surface area contributed by atoms with Gasteiger partial charge in [0.1, 0.15) is 23.7 Å². The summed E-state index contributed by atoms with van der Waals surface area (Å²) in [7, 11) is 3.92. The van der Waals surface area contributed by atoms with E-state index in [1.807, 2.05) is 49.3 Å². The lowest BCUT2D eigenvalue weighted by molar-refractivity contribution is -0.139. The number of pyridine rings is 1. The maximum atomic E-state index is 13.3. The van der Waals surface area contributed by atoms with Gasteiger partial charge in [-0.1, -0.05) is 30.9 Å². The average Bonchev–Trinajstić information content (AvgIpc) is 3.31. The van der Waals surface area contributed by atoms with Crippen molar-refractivity contribution >= 4 is 23.1 Å². The van der Waals surface area contributed by atoms with Crippen molar-refractivity contribution in [3.05, 3.63) is 83.8 Å². The molecule has 0 aliphatic carbocycles. The summed E-state index contributed by atoms with van der Waals surface area (Å²) in [6, 6.07) is 12.0. The number of hydrogen-bond acceptors (Lipinski definition) is 6. The molecule has 182 valence electrons. The second-order valence-corrected chi connectivity index (χ2v) is 8.79. The van der Waals surface area contributed by atoms with Crippen LogP contribution in [-0.2, 0) is 9.59 Å². The third-order valence-corrected chi connectivity index (χ3v) is 6.04. The van der Waals surface area contributed by atoms with Crippen LogP contribution in [-0.4, -0.2) is 69.8 Å². The summed E-state index contributed by atoms with van der Waals surface area (Å²) in [5.41, 5.74) is 2.40. The number of aliphatic hydroxyl groups excluding tert-OH is 1. The first-order valence-electron chi connectivity index (χ1n) is 11.5. The van der Waals surface area contributed by atoms with E-state index in [1.54, 1.807) is 40.6 Å². The van der Waals surface area contributed by atoms with E-state index in [2.05, 4.69) is 11.6 Å². The van der Waals surface area contributed by atoms with Gasteiger partial charge in [0, 0.05) is 12.7 Å². The van der Waals surface area contributed by atoms with Gasteiger partial charge in [0.05, 0.1) is 17.3 Å². The largest absolute Gasteiger partial charge is 0.505 e. The van der Waals surface area contributed by atoms with Gasteiger partial charge in [-0.15, -0.1) is 0 Å². The van der Waals surface area contributed by atoms with Crippen LogP contribution in [0.15, 0.2) is 66.9 Å². The smallest absolute Gasteiger partial charge is 0.295 e. The summed E-state index contributed by atoms with van der Waals surface area (Å²) in [6.07, 6.45) is 4.12. The normalized spacial score (nSPS) is 17.5. The third-order valence-electron chi connectivity index (χ3n) is 6.04. The molecule has 8 heteroatoms. The number of benzene rings is 1. The van der Waals surface area contributed by atoms with Crippen LogP contribution < -0.4 is 4.74 Å². The molecular weight excluding hydrogens is 444 g/mol. The Labute approximate surface area is 204 Å². The number of nitrogens with zero attached hydrogens (tertiary/aromatic N) is 4. The molecule has 2 aromatic heterocycles. The predicted molar refractivity (Wildman–Crippen MR) is 134 cm³/mol. The van der Waals surface area contributed by atoms with Crippen LogP contribution in [0.2, 0.25) is 0 Å². The number of rotatable bonds is 9. The van der Waals surface area contributed by atoms with Crippen LogP contribution >= 0.6 is 0 Å². The zero-order valence-corrected chi connectivity index (χ0v) is 20.3. The monoisotopic (exact) mass is 474 g/mol. The third kappa shape index (κ3) is 4.70. The maximum Gasteiger partial charge on any atom is 0.295 e. The first-order valence-corrected chi connectivity index (χ1v) is 11.5. The fourth-order valence-electron chi connectivity index (χ4n) is 4.44. The summed E-state index contributed by atoms with van der Waals surface area (Å²) in [5.74, 6) is -0.897. The van der Waals surface area contributed by atoms with Gasteiger partial charge in [-0.2, -0.15) is 0 Å². The molecule has 8 nitrogen and oxygen atoms in total. The van der Waals surface area contributed by atoms with E-state index in [0.717, 1.165) is 6.54 Å². The molecule has 0 bridgehead atoms. The number of fused-ring (bicyclic) bond motifs is 1. The number of imidazole rings is 1. The fraction of sp³-hybridized carbons (Fsp3) is 0.296. The van der Waals surface area contributed by atoms with Crippen molar-refractivity contribution in [1.29, 1.82) is 0 Å². The van der Waals surface area contributed by atoms with Crippen LogP contribution in [0, 0.1) is 6.92 Å². The van der Waals surface area contributed by atoms with Crippen LogP contribution in [0.5, 0.6) is 5.75 Å². The molecule has 1 aromatic carbocycles. The zero-order chi connectivity index (χ0) is 25.1. The lowest BCUT2D eigenvalue weighted by Gasteiger charge is -2.26. The molecule has 1 fully saturated rings. The number of ketones is 1. The summed E-state index contributed by atoms with van der Waals surface area (Å²) in [6.45, 7) is 6.94. The lowest BCUT2D eigenvalue weighted by atomic mass is 9.96. The quantitative estimate of drug-likeness (QED) is 0.221. The number of aromatic nitrogens is 2. The van der Waals surface area contributed by atoms with E-state index >= 15 is 0 Å². The molecule has 3 heterocycles. The molecule has 0 spiro atoms. The van der Waals surface area contributed by atoms with Crippen molar-refractivity contribution in [2.75, 3.05) is 33.8 Å². The highest BCUT2D eigenvalue weighted by atomic mass is 16.5. The van der Waals surface area contributed by atoms with Gasteiger partial charge in [-0.3, -0.25) is 14.0 Å². The summed E-state index contributed by atoms with van der Waals surface area (Å²) in [5, 5.41) is 11.5. The van der Waals surface area contributed by atoms with E-state index in [1.165, 1.54) is 0 Å². The second-order valence-electron chi connectivity index (χ2n) is 8.79. The van der Waals surface area contributed by atoms with Crippen molar-refractivity contribution in [3.8, 4) is 5.75 Å². The molecule has 4 rings (SSSR count). The van der Waals surface area contributed by atoms with Gasteiger partial charge < -0.3 is 19.6 Å². The van der Waals surface area contributed by atoms with E-state index in [-0.39, 0.29) is 11.3 Å². The van der Waals surface area contributed by atoms with Crippen molar-refractivity contribution in [3.63, 3.8) is 0 Å². The molecular formula is C27H30N4O4. The van der Waals surface area contributed by atoms with Gasteiger partial charge >= 0.3 is 0 Å². The van der Waals surface area contributed by atoms with Crippen LogP contribution in [0.25, 0.3) is 11.4 Å². The SMILES string of the molecule is C=CCOc1ccc([C@H]2C(=C(O)c3c(C)nc4ccccn34)C(=O)C(=O)N2CCCN(C)C)cc1. The molecule has 35 heavy (non-hydrogen) atoms. The Balaban J connectivity index is 1.83. The molecule has 0 saturated carbocycles. The van der Waals surface area contributed by atoms with Gasteiger partial charge in [0.2, 0.25) is 0 Å². The average molecular weight is 475 g/mol. The van der Waals surface area contributed by atoms with E-state index in [9.17, 15) is 14.7 Å². The Morgan fingerprint density at radius 1 is 1.20 bits per heavy atom. The summed E-state index contributed by atoms with van der Waals surface area (Å²) in [4.78, 5) is 34.6. The molecule has 3 aromatic rings.